The van der Waals surface area contributed by atoms with Crippen molar-refractivity contribution in [3.63, 3.8) is 0 Å². The Hall–Kier alpha value is -1.14. The summed E-state index contributed by atoms with van der Waals surface area (Å²) >= 11 is 3.17. The number of nitrogens with two attached hydrogens (primary N) is 1. The third-order valence-corrected chi connectivity index (χ3v) is 3.14. The smallest absolute Gasteiger partial charge is 0.253 e. The van der Waals surface area contributed by atoms with Crippen molar-refractivity contribution in [2.75, 3.05) is 11.9 Å². The molecule has 106 valence electrons. The van der Waals surface area contributed by atoms with Gasteiger partial charge in [0.15, 0.2) is 0 Å². The maximum Gasteiger partial charge on any atom is 0.253 e. The van der Waals surface area contributed by atoms with Crippen LogP contribution in [0.15, 0.2) is 16.6 Å². The molecule has 0 saturated carbocycles. The maximum absolute atomic E-state index is 13.7. The van der Waals surface area contributed by atoms with E-state index in [9.17, 15) is 14.3 Å². The number of primary amides is 1. The number of aliphatic hydroxyl groups is 1. The van der Waals surface area contributed by atoms with E-state index in [2.05, 4.69) is 21.2 Å². The number of anilines is 1. The molecule has 2 atom stereocenters. The highest BCUT2D eigenvalue weighted by Crippen LogP contribution is 2.25. The van der Waals surface area contributed by atoms with Gasteiger partial charge < -0.3 is 16.2 Å². The lowest BCUT2D eigenvalue weighted by Gasteiger charge is -2.17. The summed E-state index contributed by atoms with van der Waals surface area (Å²) < 4.78 is 14.2. The molecule has 1 amide bonds. The van der Waals surface area contributed by atoms with Crippen LogP contribution in [0.2, 0.25) is 0 Å². The van der Waals surface area contributed by atoms with Gasteiger partial charge in [0.1, 0.15) is 5.82 Å². The Bertz CT molecular complexity index is 466. The normalized spacial score (nSPS) is 13.9. The van der Waals surface area contributed by atoms with E-state index in [1.807, 2.05) is 6.92 Å². The predicted octanol–water partition coefficient (Wildman–Crippen LogP) is 2.51. The molecule has 0 aliphatic rings. The summed E-state index contributed by atoms with van der Waals surface area (Å²) in [5.74, 6) is -1.29. The molecule has 0 aliphatic carbocycles. The van der Waals surface area contributed by atoms with Crippen molar-refractivity contribution in [3.8, 4) is 0 Å². The van der Waals surface area contributed by atoms with E-state index in [0.29, 0.717) is 23.1 Å². The molecule has 1 aromatic rings. The second kappa shape index (κ2) is 6.86. The average Bonchev–Trinajstić information content (AvgIpc) is 2.23. The van der Waals surface area contributed by atoms with Crippen LogP contribution in [-0.4, -0.2) is 23.7 Å². The lowest BCUT2D eigenvalue weighted by molar-refractivity contribution is 0.0997. The van der Waals surface area contributed by atoms with Crippen LogP contribution in [0, 0.1) is 11.7 Å². The van der Waals surface area contributed by atoms with Gasteiger partial charge in [0.05, 0.1) is 17.4 Å². The molecule has 4 nitrogen and oxygen atoms in total. The van der Waals surface area contributed by atoms with Crippen molar-refractivity contribution in [1.29, 1.82) is 0 Å². The molecular formula is C13H18BrFN2O2. The number of halogens is 2. The van der Waals surface area contributed by atoms with Crippen molar-refractivity contribution in [1.82, 2.24) is 0 Å². The highest BCUT2D eigenvalue weighted by atomic mass is 79.9. The monoisotopic (exact) mass is 332 g/mol. The quantitative estimate of drug-likeness (QED) is 0.749. The first-order chi connectivity index (χ1) is 8.81. The van der Waals surface area contributed by atoms with Crippen LogP contribution < -0.4 is 11.1 Å². The highest BCUT2D eigenvalue weighted by molar-refractivity contribution is 9.10. The van der Waals surface area contributed by atoms with Crippen LogP contribution in [0.3, 0.4) is 0 Å². The lowest BCUT2D eigenvalue weighted by Crippen LogP contribution is -2.20. The number of hydrogen-bond donors (Lipinski definition) is 3. The van der Waals surface area contributed by atoms with Gasteiger partial charge in [-0.15, -0.1) is 0 Å². The Labute approximate surface area is 120 Å². The van der Waals surface area contributed by atoms with Crippen LogP contribution in [-0.2, 0) is 0 Å². The molecule has 19 heavy (non-hydrogen) atoms. The number of aliphatic hydroxyl groups excluding tert-OH is 1. The fourth-order valence-corrected chi connectivity index (χ4v) is 2.34. The highest BCUT2D eigenvalue weighted by Gasteiger charge is 2.16. The average molecular weight is 333 g/mol. The standard InChI is InChI=1S/C13H18BrFN2O2/c1-7(3-8(2)18)6-17-11-5-9(14)4-10(15)12(11)13(16)19/h4-5,7-8,17-18H,3,6H2,1-2H3,(H2,16,19)/t7-,8-/m0/s1. The van der Waals surface area contributed by atoms with Crippen LogP contribution in [0.1, 0.15) is 30.6 Å². The first kappa shape index (κ1) is 15.9. The second-order valence-corrected chi connectivity index (χ2v) is 5.66. The van der Waals surface area contributed by atoms with Crippen LogP contribution >= 0.6 is 15.9 Å². The molecular weight excluding hydrogens is 315 g/mol. The Kier molecular flexibility index (Phi) is 5.75. The molecule has 0 fully saturated rings. The molecule has 0 radical (unpaired) electrons. The molecule has 0 saturated heterocycles. The van der Waals surface area contributed by atoms with Gasteiger partial charge in [-0.1, -0.05) is 22.9 Å². The minimum absolute atomic E-state index is 0.146. The summed E-state index contributed by atoms with van der Waals surface area (Å²) in [6.07, 6.45) is 0.224. The molecule has 0 aromatic heterocycles. The first-order valence-electron chi connectivity index (χ1n) is 6.02. The molecule has 1 rings (SSSR count). The molecule has 0 aliphatic heterocycles. The molecule has 1 aromatic carbocycles. The summed E-state index contributed by atoms with van der Waals surface area (Å²) in [6.45, 7) is 4.18. The van der Waals surface area contributed by atoms with Gasteiger partial charge >= 0.3 is 0 Å². The summed E-state index contributed by atoms with van der Waals surface area (Å²) in [6, 6.07) is 2.81. The van der Waals surface area contributed by atoms with E-state index in [-0.39, 0.29) is 11.5 Å². The molecule has 0 bridgehead atoms. The van der Waals surface area contributed by atoms with Gasteiger partial charge in [0.25, 0.3) is 5.91 Å². The topological polar surface area (TPSA) is 75.3 Å². The second-order valence-electron chi connectivity index (χ2n) is 4.75. The minimum Gasteiger partial charge on any atom is -0.393 e. The Morgan fingerprint density at radius 1 is 1.53 bits per heavy atom. The lowest BCUT2D eigenvalue weighted by atomic mass is 10.0. The number of nitrogens with one attached hydrogen (secondary N) is 1. The largest absolute Gasteiger partial charge is 0.393 e. The summed E-state index contributed by atoms with van der Waals surface area (Å²) in [4.78, 5) is 11.3. The molecule has 6 heteroatoms. The summed E-state index contributed by atoms with van der Waals surface area (Å²) in [5.41, 5.74) is 5.39. The summed E-state index contributed by atoms with van der Waals surface area (Å²) in [5, 5.41) is 12.3. The van der Waals surface area contributed by atoms with Gasteiger partial charge in [-0.2, -0.15) is 0 Å². The van der Waals surface area contributed by atoms with Gasteiger partial charge in [0.2, 0.25) is 0 Å². The first-order valence-corrected chi connectivity index (χ1v) is 6.81. The van der Waals surface area contributed by atoms with E-state index in [1.54, 1.807) is 13.0 Å². The molecule has 0 unspecified atom stereocenters. The number of carbonyl (C=O) groups is 1. The Morgan fingerprint density at radius 3 is 2.68 bits per heavy atom. The zero-order valence-electron chi connectivity index (χ0n) is 10.9. The van der Waals surface area contributed by atoms with Crippen LogP contribution in [0.5, 0.6) is 0 Å². The van der Waals surface area contributed by atoms with Gasteiger partial charge in [-0.3, -0.25) is 4.79 Å². The summed E-state index contributed by atoms with van der Waals surface area (Å²) in [7, 11) is 0. The SMILES string of the molecule is C[C@H](CNc1cc(Br)cc(F)c1C(N)=O)C[C@H](C)O. The number of benzene rings is 1. The van der Waals surface area contributed by atoms with E-state index >= 15 is 0 Å². The van der Waals surface area contributed by atoms with Crippen molar-refractivity contribution >= 4 is 27.5 Å². The van der Waals surface area contributed by atoms with Crippen molar-refractivity contribution in [3.05, 3.63) is 28.0 Å². The maximum atomic E-state index is 13.7. The van der Waals surface area contributed by atoms with E-state index < -0.39 is 17.8 Å². The number of amides is 1. The molecule has 4 N–H and O–H groups in total. The fourth-order valence-electron chi connectivity index (χ4n) is 1.91. The van der Waals surface area contributed by atoms with Gasteiger partial charge in [-0.05, 0) is 31.4 Å². The number of carbonyl (C=O) groups excluding carboxylic acids is 1. The van der Waals surface area contributed by atoms with E-state index in [1.165, 1.54) is 6.07 Å². The van der Waals surface area contributed by atoms with Gasteiger partial charge in [0, 0.05) is 11.0 Å². The molecule has 0 spiro atoms. The zero-order valence-corrected chi connectivity index (χ0v) is 12.5. The fraction of sp³-hybridized carbons (Fsp3) is 0.462. The van der Waals surface area contributed by atoms with Gasteiger partial charge in [-0.25, -0.2) is 4.39 Å². The Morgan fingerprint density at radius 2 is 2.16 bits per heavy atom. The molecule has 0 heterocycles. The van der Waals surface area contributed by atoms with Crippen molar-refractivity contribution in [2.24, 2.45) is 11.7 Å². The minimum atomic E-state index is -0.810. The van der Waals surface area contributed by atoms with E-state index in [4.69, 9.17) is 5.73 Å². The zero-order chi connectivity index (χ0) is 14.6. The number of rotatable bonds is 6. The Balaban J connectivity index is 2.85. The van der Waals surface area contributed by atoms with Crippen LogP contribution in [0.25, 0.3) is 0 Å². The third kappa shape index (κ3) is 4.80. The van der Waals surface area contributed by atoms with Crippen molar-refractivity contribution in [2.45, 2.75) is 26.4 Å². The van der Waals surface area contributed by atoms with Crippen molar-refractivity contribution < 1.29 is 14.3 Å². The predicted molar refractivity (Wildman–Crippen MR) is 76.6 cm³/mol. The number of hydrogen-bond acceptors (Lipinski definition) is 3. The van der Waals surface area contributed by atoms with Crippen LogP contribution in [0.4, 0.5) is 10.1 Å². The third-order valence-electron chi connectivity index (χ3n) is 2.69. The van der Waals surface area contributed by atoms with E-state index in [0.717, 1.165) is 0 Å².